The van der Waals surface area contributed by atoms with Crippen LogP contribution in [0.25, 0.3) is 0 Å². The van der Waals surface area contributed by atoms with Crippen molar-refractivity contribution in [3.8, 4) is 0 Å². The molecule has 1 fully saturated rings. The summed E-state index contributed by atoms with van der Waals surface area (Å²) in [6, 6.07) is 2.04. The Hall–Kier alpha value is -1.16. The van der Waals surface area contributed by atoms with Gasteiger partial charge in [0.25, 0.3) is 0 Å². The van der Waals surface area contributed by atoms with Crippen LogP contribution < -0.4 is 4.90 Å². The SMILES string of the molecule is CCc1cc(N(C)CC2(CO)CCCC2)ncn1. The molecule has 0 unspecified atom stereocenters. The van der Waals surface area contributed by atoms with E-state index < -0.39 is 0 Å². The number of aliphatic hydroxyl groups excluding tert-OH is 1. The van der Waals surface area contributed by atoms with Crippen LogP contribution in [0.2, 0.25) is 0 Å². The van der Waals surface area contributed by atoms with Crippen molar-refractivity contribution in [3.63, 3.8) is 0 Å². The van der Waals surface area contributed by atoms with Crippen molar-refractivity contribution in [1.82, 2.24) is 9.97 Å². The predicted molar refractivity (Wildman–Crippen MR) is 72.7 cm³/mol. The molecule has 0 amide bonds. The minimum Gasteiger partial charge on any atom is -0.396 e. The summed E-state index contributed by atoms with van der Waals surface area (Å²) in [6.45, 7) is 3.25. The van der Waals surface area contributed by atoms with E-state index in [2.05, 4.69) is 28.8 Å². The Labute approximate surface area is 109 Å². The van der Waals surface area contributed by atoms with Crippen molar-refractivity contribution in [2.75, 3.05) is 25.1 Å². The Balaban J connectivity index is 2.08. The third-order valence-electron chi connectivity index (χ3n) is 4.03. The van der Waals surface area contributed by atoms with Crippen LogP contribution in [0, 0.1) is 5.41 Å². The fraction of sp³-hybridized carbons (Fsp3) is 0.714. The van der Waals surface area contributed by atoms with Gasteiger partial charge in [-0.2, -0.15) is 0 Å². The Bertz CT molecular complexity index is 388. The van der Waals surface area contributed by atoms with Gasteiger partial charge in [-0.05, 0) is 19.3 Å². The maximum Gasteiger partial charge on any atom is 0.131 e. The van der Waals surface area contributed by atoms with Gasteiger partial charge < -0.3 is 10.0 Å². The molecule has 4 heteroatoms. The number of nitrogens with zero attached hydrogens (tertiary/aromatic N) is 3. The largest absolute Gasteiger partial charge is 0.396 e. The first-order valence-corrected chi connectivity index (χ1v) is 6.82. The van der Waals surface area contributed by atoms with Crippen molar-refractivity contribution in [1.29, 1.82) is 0 Å². The molecule has 4 nitrogen and oxygen atoms in total. The summed E-state index contributed by atoms with van der Waals surface area (Å²) in [5, 5.41) is 9.65. The number of rotatable bonds is 5. The van der Waals surface area contributed by atoms with E-state index in [1.165, 1.54) is 12.8 Å². The quantitative estimate of drug-likeness (QED) is 0.867. The van der Waals surface area contributed by atoms with Crippen LogP contribution in [0.5, 0.6) is 0 Å². The molecule has 0 radical (unpaired) electrons. The molecule has 1 aliphatic rings. The molecule has 1 aliphatic carbocycles. The number of hydrogen-bond donors (Lipinski definition) is 1. The van der Waals surface area contributed by atoms with E-state index in [0.717, 1.165) is 37.3 Å². The molecule has 18 heavy (non-hydrogen) atoms. The van der Waals surface area contributed by atoms with Crippen molar-refractivity contribution < 1.29 is 5.11 Å². The van der Waals surface area contributed by atoms with E-state index in [4.69, 9.17) is 0 Å². The van der Waals surface area contributed by atoms with Gasteiger partial charge in [-0.15, -0.1) is 0 Å². The van der Waals surface area contributed by atoms with Crippen LogP contribution in [-0.4, -0.2) is 35.3 Å². The fourth-order valence-electron chi connectivity index (χ4n) is 2.86. The lowest BCUT2D eigenvalue weighted by Gasteiger charge is -2.32. The van der Waals surface area contributed by atoms with Crippen LogP contribution >= 0.6 is 0 Å². The van der Waals surface area contributed by atoms with Gasteiger partial charge in [-0.1, -0.05) is 19.8 Å². The molecule has 1 aromatic rings. The fourth-order valence-corrected chi connectivity index (χ4v) is 2.86. The zero-order valence-electron chi connectivity index (χ0n) is 11.4. The molecule has 2 rings (SSSR count). The molecule has 0 bridgehead atoms. The van der Waals surface area contributed by atoms with Crippen LogP contribution in [0.4, 0.5) is 5.82 Å². The highest BCUT2D eigenvalue weighted by Crippen LogP contribution is 2.38. The normalized spacial score (nSPS) is 17.9. The van der Waals surface area contributed by atoms with Gasteiger partial charge in [-0.25, -0.2) is 9.97 Å². The van der Waals surface area contributed by atoms with Crippen LogP contribution in [0.3, 0.4) is 0 Å². The topological polar surface area (TPSA) is 49.2 Å². The summed E-state index contributed by atoms with van der Waals surface area (Å²) in [6.07, 6.45) is 7.27. The van der Waals surface area contributed by atoms with Gasteiger partial charge in [-0.3, -0.25) is 0 Å². The summed E-state index contributed by atoms with van der Waals surface area (Å²) in [5.74, 6) is 0.960. The van der Waals surface area contributed by atoms with Crippen molar-refractivity contribution in [2.45, 2.75) is 39.0 Å². The molecule has 100 valence electrons. The summed E-state index contributed by atoms with van der Waals surface area (Å²) in [5.41, 5.74) is 1.14. The third-order valence-corrected chi connectivity index (χ3v) is 4.03. The summed E-state index contributed by atoms with van der Waals surface area (Å²) in [7, 11) is 2.05. The molecule has 1 aromatic heterocycles. The van der Waals surface area contributed by atoms with Crippen molar-refractivity contribution in [2.24, 2.45) is 5.41 Å². The standard InChI is InChI=1S/C14H23N3O/c1-3-12-8-13(16-11-15-12)17(2)9-14(10-18)6-4-5-7-14/h8,11,18H,3-7,9-10H2,1-2H3. The maximum atomic E-state index is 9.65. The first-order valence-electron chi connectivity index (χ1n) is 6.82. The Kier molecular flexibility index (Phi) is 4.17. The number of hydrogen-bond acceptors (Lipinski definition) is 4. The van der Waals surface area contributed by atoms with Crippen molar-refractivity contribution in [3.05, 3.63) is 18.1 Å². The molecule has 0 saturated heterocycles. The molecule has 0 spiro atoms. The van der Waals surface area contributed by atoms with E-state index in [1.54, 1.807) is 6.33 Å². The molecular weight excluding hydrogens is 226 g/mol. The van der Waals surface area contributed by atoms with E-state index in [-0.39, 0.29) is 12.0 Å². The zero-order valence-corrected chi connectivity index (χ0v) is 11.4. The maximum absolute atomic E-state index is 9.65. The highest BCUT2D eigenvalue weighted by molar-refractivity contribution is 5.38. The van der Waals surface area contributed by atoms with Gasteiger partial charge in [0.1, 0.15) is 12.1 Å². The Morgan fingerprint density at radius 3 is 2.67 bits per heavy atom. The number of aliphatic hydroxyl groups is 1. The minimum absolute atomic E-state index is 0.0755. The minimum atomic E-state index is 0.0755. The summed E-state index contributed by atoms with van der Waals surface area (Å²) in [4.78, 5) is 10.7. The first-order chi connectivity index (χ1) is 8.69. The number of anilines is 1. The second-order valence-corrected chi connectivity index (χ2v) is 5.44. The summed E-state index contributed by atoms with van der Waals surface area (Å²) < 4.78 is 0. The third kappa shape index (κ3) is 2.80. The molecular formula is C14H23N3O. The van der Waals surface area contributed by atoms with E-state index in [9.17, 15) is 5.11 Å². The molecule has 0 aromatic carbocycles. The van der Waals surface area contributed by atoms with Crippen LogP contribution in [0.15, 0.2) is 12.4 Å². The van der Waals surface area contributed by atoms with Gasteiger partial charge in [0.15, 0.2) is 0 Å². The Morgan fingerprint density at radius 1 is 1.33 bits per heavy atom. The van der Waals surface area contributed by atoms with Gasteiger partial charge >= 0.3 is 0 Å². The lowest BCUT2D eigenvalue weighted by Crippen LogP contribution is -2.37. The molecule has 0 atom stereocenters. The lowest BCUT2D eigenvalue weighted by atomic mass is 9.87. The number of aromatic nitrogens is 2. The lowest BCUT2D eigenvalue weighted by molar-refractivity contribution is 0.136. The smallest absolute Gasteiger partial charge is 0.131 e. The van der Waals surface area contributed by atoms with E-state index >= 15 is 0 Å². The van der Waals surface area contributed by atoms with E-state index in [0.29, 0.717) is 0 Å². The average molecular weight is 249 g/mol. The van der Waals surface area contributed by atoms with Crippen LogP contribution in [-0.2, 0) is 6.42 Å². The van der Waals surface area contributed by atoms with Gasteiger partial charge in [0.2, 0.25) is 0 Å². The predicted octanol–water partition coefficient (Wildman–Crippen LogP) is 2.03. The zero-order chi connectivity index (χ0) is 13.0. The monoisotopic (exact) mass is 249 g/mol. The molecule has 1 heterocycles. The second kappa shape index (κ2) is 5.65. The average Bonchev–Trinajstić information content (AvgIpc) is 2.88. The second-order valence-electron chi connectivity index (χ2n) is 5.44. The van der Waals surface area contributed by atoms with E-state index in [1.807, 2.05) is 6.07 Å². The van der Waals surface area contributed by atoms with Gasteiger partial charge in [0.05, 0.1) is 6.61 Å². The molecule has 1 saturated carbocycles. The van der Waals surface area contributed by atoms with Crippen LogP contribution in [0.1, 0.15) is 38.3 Å². The first kappa shape index (κ1) is 13.3. The van der Waals surface area contributed by atoms with Gasteiger partial charge in [0, 0.05) is 30.8 Å². The highest BCUT2D eigenvalue weighted by atomic mass is 16.3. The summed E-state index contributed by atoms with van der Waals surface area (Å²) >= 11 is 0. The van der Waals surface area contributed by atoms with Crippen molar-refractivity contribution >= 4 is 5.82 Å². The Morgan fingerprint density at radius 2 is 2.06 bits per heavy atom. The molecule has 0 aliphatic heterocycles. The molecule has 1 N–H and O–H groups in total. The highest BCUT2D eigenvalue weighted by Gasteiger charge is 2.34. The number of aryl methyl sites for hydroxylation is 1.